The average Bonchev–Trinajstić information content (AvgIpc) is 2.64. The number of para-hydroxylation sites is 1. The van der Waals surface area contributed by atoms with Gasteiger partial charge in [-0.15, -0.1) is 0 Å². The number of nitrogens with zero attached hydrogens (tertiary/aromatic N) is 1. The van der Waals surface area contributed by atoms with Crippen LogP contribution in [-0.2, 0) is 0 Å². The monoisotopic (exact) mass is 253 g/mol. The predicted molar refractivity (Wildman–Crippen MR) is 62.8 cm³/mol. The highest BCUT2D eigenvalue weighted by molar-refractivity contribution is 9.10. The van der Waals surface area contributed by atoms with Gasteiger partial charge in [0.05, 0.1) is 12.2 Å². The van der Waals surface area contributed by atoms with Gasteiger partial charge in [0.1, 0.15) is 0 Å². The van der Waals surface area contributed by atoms with E-state index in [2.05, 4.69) is 44.5 Å². The molecule has 74 valence electrons. The fourth-order valence-electron chi connectivity index (χ4n) is 1.39. The Hall–Kier alpha value is -1.03. The second-order valence-corrected chi connectivity index (χ2v) is 4.07. The third kappa shape index (κ3) is 1.90. The van der Waals surface area contributed by atoms with E-state index in [9.17, 15) is 0 Å². The number of nitrogens with one attached hydrogen (secondary N) is 2. The maximum atomic E-state index is 4.29. The van der Waals surface area contributed by atoms with E-state index in [1.807, 2.05) is 12.1 Å². The Morgan fingerprint density at radius 3 is 3.00 bits per heavy atom. The second kappa shape index (κ2) is 4.00. The van der Waals surface area contributed by atoms with Gasteiger partial charge in [0.25, 0.3) is 0 Å². The van der Waals surface area contributed by atoms with Crippen molar-refractivity contribution in [3.63, 3.8) is 0 Å². The first-order chi connectivity index (χ1) is 6.77. The second-order valence-electron chi connectivity index (χ2n) is 3.21. The van der Waals surface area contributed by atoms with Gasteiger partial charge < -0.3 is 10.6 Å². The summed E-state index contributed by atoms with van der Waals surface area (Å²) in [6.45, 7) is 3.85. The lowest BCUT2D eigenvalue weighted by atomic mass is 10.2. The summed E-state index contributed by atoms with van der Waals surface area (Å²) in [5.41, 5.74) is 2.29. The van der Waals surface area contributed by atoms with Crippen molar-refractivity contribution in [1.82, 2.24) is 5.32 Å². The van der Waals surface area contributed by atoms with Crippen LogP contribution in [0.4, 0.5) is 5.69 Å². The summed E-state index contributed by atoms with van der Waals surface area (Å²) in [7, 11) is 0. The maximum absolute atomic E-state index is 4.29. The molecular formula is C10H12BrN3. The summed E-state index contributed by atoms with van der Waals surface area (Å²) >= 11 is 3.51. The summed E-state index contributed by atoms with van der Waals surface area (Å²) in [4.78, 5) is 4.29. The van der Waals surface area contributed by atoms with E-state index in [4.69, 9.17) is 0 Å². The highest BCUT2D eigenvalue weighted by Gasteiger charge is 2.08. The summed E-state index contributed by atoms with van der Waals surface area (Å²) in [6, 6.07) is 6.11. The molecule has 0 fully saturated rings. The van der Waals surface area contributed by atoms with Crippen LogP contribution in [0, 0.1) is 6.92 Å². The first-order valence-electron chi connectivity index (χ1n) is 4.58. The Morgan fingerprint density at radius 1 is 1.50 bits per heavy atom. The minimum Gasteiger partial charge on any atom is -0.354 e. The minimum atomic E-state index is 0.853. The van der Waals surface area contributed by atoms with E-state index in [0.717, 1.165) is 29.2 Å². The molecule has 14 heavy (non-hydrogen) atoms. The van der Waals surface area contributed by atoms with Crippen molar-refractivity contribution in [3.8, 4) is 0 Å². The Balaban J connectivity index is 2.23. The van der Waals surface area contributed by atoms with Gasteiger partial charge >= 0.3 is 0 Å². The van der Waals surface area contributed by atoms with Crippen molar-refractivity contribution >= 4 is 27.6 Å². The highest BCUT2D eigenvalue weighted by Crippen LogP contribution is 2.25. The molecule has 0 amide bonds. The lowest BCUT2D eigenvalue weighted by Crippen LogP contribution is -2.26. The molecule has 1 heterocycles. The normalized spacial score (nSPS) is 14.9. The lowest BCUT2D eigenvalue weighted by molar-refractivity contribution is 0.959. The number of benzene rings is 1. The van der Waals surface area contributed by atoms with Crippen LogP contribution in [0.25, 0.3) is 0 Å². The van der Waals surface area contributed by atoms with E-state index in [0.29, 0.717) is 0 Å². The Labute approximate surface area is 91.7 Å². The van der Waals surface area contributed by atoms with Gasteiger partial charge in [-0.05, 0) is 34.5 Å². The molecule has 4 heteroatoms. The van der Waals surface area contributed by atoms with Crippen LogP contribution in [0.1, 0.15) is 5.56 Å². The molecule has 1 aliphatic rings. The van der Waals surface area contributed by atoms with Crippen molar-refractivity contribution in [1.29, 1.82) is 0 Å². The first kappa shape index (κ1) is 9.52. The molecule has 1 aromatic rings. The van der Waals surface area contributed by atoms with Crippen LogP contribution in [0.2, 0.25) is 0 Å². The first-order valence-corrected chi connectivity index (χ1v) is 5.37. The summed E-state index contributed by atoms with van der Waals surface area (Å²) in [5.74, 6) is 0.861. The van der Waals surface area contributed by atoms with Crippen molar-refractivity contribution in [2.24, 2.45) is 4.99 Å². The molecule has 1 aliphatic heterocycles. The molecule has 0 aliphatic carbocycles. The van der Waals surface area contributed by atoms with Crippen LogP contribution in [0.5, 0.6) is 0 Å². The number of aliphatic imine (C=N–C) groups is 1. The van der Waals surface area contributed by atoms with E-state index in [1.54, 1.807) is 0 Å². The third-order valence-electron chi connectivity index (χ3n) is 2.14. The van der Waals surface area contributed by atoms with E-state index in [1.165, 1.54) is 5.56 Å². The molecule has 0 aromatic heterocycles. The fraction of sp³-hybridized carbons (Fsp3) is 0.300. The molecule has 0 unspecified atom stereocenters. The third-order valence-corrected chi connectivity index (χ3v) is 2.80. The van der Waals surface area contributed by atoms with Crippen LogP contribution in [0.3, 0.4) is 0 Å². The van der Waals surface area contributed by atoms with Crippen molar-refractivity contribution in [2.75, 3.05) is 18.4 Å². The molecule has 0 saturated carbocycles. The molecule has 3 nitrogen and oxygen atoms in total. The Morgan fingerprint density at radius 2 is 2.36 bits per heavy atom. The zero-order valence-corrected chi connectivity index (χ0v) is 9.56. The molecular weight excluding hydrogens is 242 g/mol. The van der Waals surface area contributed by atoms with Crippen LogP contribution < -0.4 is 10.6 Å². The highest BCUT2D eigenvalue weighted by atomic mass is 79.9. The smallest absolute Gasteiger partial charge is 0.195 e. The maximum Gasteiger partial charge on any atom is 0.195 e. The van der Waals surface area contributed by atoms with E-state index < -0.39 is 0 Å². The fourth-order valence-corrected chi connectivity index (χ4v) is 1.95. The molecule has 0 spiro atoms. The van der Waals surface area contributed by atoms with E-state index >= 15 is 0 Å². The lowest BCUT2D eigenvalue weighted by Gasteiger charge is -2.11. The van der Waals surface area contributed by atoms with Crippen molar-refractivity contribution in [2.45, 2.75) is 6.92 Å². The number of halogens is 1. The molecule has 1 aromatic carbocycles. The average molecular weight is 254 g/mol. The van der Waals surface area contributed by atoms with Gasteiger partial charge in [-0.25, -0.2) is 0 Å². The largest absolute Gasteiger partial charge is 0.354 e. The number of anilines is 1. The standard InChI is InChI=1S/C10H12BrN3/c1-7-3-2-4-8(11)9(7)14-10-12-5-6-13-10/h2-4H,5-6H2,1H3,(H2,12,13,14). The number of hydrogen-bond donors (Lipinski definition) is 2. The van der Waals surface area contributed by atoms with Gasteiger partial charge in [-0.3, -0.25) is 4.99 Å². The van der Waals surface area contributed by atoms with Crippen molar-refractivity contribution < 1.29 is 0 Å². The van der Waals surface area contributed by atoms with Gasteiger partial charge in [-0.1, -0.05) is 12.1 Å². The number of aryl methyl sites for hydroxylation is 1. The molecule has 2 N–H and O–H groups in total. The molecule has 2 rings (SSSR count). The van der Waals surface area contributed by atoms with E-state index in [-0.39, 0.29) is 0 Å². The van der Waals surface area contributed by atoms with Crippen LogP contribution >= 0.6 is 15.9 Å². The zero-order chi connectivity index (χ0) is 9.97. The number of hydrogen-bond acceptors (Lipinski definition) is 3. The summed E-state index contributed by atoms with van der Waals surface area (Å²) in [5, 5.41) is 6.45. The van der Waals surface area contributed by atoms with Gasteiger partial charge in [-0.2, -0.15) is 0 Å². The molecule has 0 bridgehead atoms. The predicted octanol–water partition coefficient (Wildman–Crippen LogP) is 2.13. The van der Waals surface area contributed by atoms with Crippen LogP contribution in [0.15, 0.2) is 27.7 Å². The summed E-state index contributed by atoms with van der Waals surface area (Å²) in [6.07, 6.45) is 0. The molecule has 0 saturated heterocycles. The number of rotatable bonds is 1. The minimum absolute atomic E-state index is 0.853. The SMILES string of the molecule is Cc1cccc(Br)c1NC1=NCCN1. The molecule has 0 atom stereocenters. The van der Waals surface area contributed by atoms with Crippen molar-refractivity contribution in [3.05, 3.63) is 28.2 Å². The topological polar surface area (TPSA) is 36.4 Å². The quantitative estimate of drug-likeness (QED) is 0.805. The van der Waals surface area contributed by atoms with Gasteiger partial charge in [0.15, 0.2) is 5.96 Å². The Kier molecular flexibility index (Phi) is 2.72. The molecule has 0 radical (unpaired) electrons. The van der Waals surface area contributed by atoms with Gasteiger partial charge in [0.2, 0.25) is 0 Å². The number of guanidine groups is 1. The Bertz CT molecular complexity index is 353. The zero-order valence-electron chi connectivity index (χ0n) is 7.97. The van der Waals surface area contributed by atoms with Gasteiger partial charge in [0, 0.05) is 11.0 Å². The summed E-state index contributed by atoms with van der Waals surface area (Å²) < 4.78 is 1.06. The van der Waals surface area contributed by atoms with Crippen LogP contribution in [-0.4, -0.2) is 19.0 Å².